The number of hydrogen-bond donors (Lipinski definition) is 2. The predicted molar refractivity (Wildman–Crippen MR) is 73.8 cm³/mol. The maximum absolute atomic E-state index is 5.72. The monoisotopic (exact) mass is 269 g/mol. The normalized spacial score (nSPS) is 11.7. The first-order valence-corrected chi connectivity index (χ1v) is 6.03. The van der Waals surface area contributed by atoms with Gasteiger partial charge in [-0.1, -0.05) is 0 Å². The summed E-state index contributed by atoms with van der Waals surface area (Å²) in [6, 6.07) is 1.66. The number of anilines is 1. The molecule has 7 nitrogen and oxygen atoms in total. The largest absolute Gasteiger partial charge is 0.476 e. The highest BCUT2D eigenvalue weighted by atomic mass is 16.5. The number of methoxy groups -OCH3 is 1. The average Bonchev–Trinajstić information content (AvgIpc) is 2.36. The third-order valence-electron chi connectivity index (χ3n) is 2.95. The van der Waals surface area contributed by atoms with Crippen LogP contribution in [0.25, 0.3) is 0 Å². The van der Waals surface area contributed by atoms with Crippen LogP contribution in [0.15, 0.2) is 6.07 Å². The quantitative estimate of drug-likeness (QED) is 0.554. The molecular formula is C12H23N5O2. The molecule has 0 aliphatic rings. The van der Waals surface area contributed by atoms with Gasteiger partial charge >= 0.3 is 0 Å². The van der Waals surface area contributed by atoms with Crippen LogP contribution >= 0.6 is 0 Å². The molecule has 0 saturated carbocycles. The Bertz CT molecular complexity index is 409. The van der Waals surface area contributed by atoms with Crippen molar-refractivity contribution in [3.05, 3.63) is 11.9 Å². The average molecular weight is 269 g/mol. The molecule has 0 aliphatic carbocycles. The summed E-state index contributed by atoms with van der Waals surface area (Å²) in [5.41, 5.74) is 2.39. The standard InChI is InChI=1S/C12H23N5O2/c1-12(2,17(3)4)8-19-11-6-9(16-13)14-10(15-11)7-18-5/h6H,7-8,13H2,1-5H3,(H,14,15,16). The second-order valence-electron chi connectivity index (χ2n) is 5.08. The van der Waals surface area contributed by atoms with Crippen molar-refractivity contribution in [3.63, 3.8) is 0 Å². The highest BCUT2D eigenvalue weighted by Crippen LogP contribution is 2.17. The lowest BCUT2D eigenvalue weighted by Gasteiger charge is -2.31. The molecule has 1 rings (SSSR count). The van der Waals surface area contributed by atoms with E-state index >= 15 is 0 Å². The van der Waals surface area contributed by atoms with E-state index in [-0.39, 0.29) is 5.54 Å². The first-order chi connectivity index (χ1) is 8.89. The Kier molecular flexibility index (Phi) is 5.46. The van der Waals surface area contributed by atoms with Crippen LogP contribution in [0.1, 0.15) is 19.7 Å². The van der Waals surface area contributed by atoms with Gasteiger partial charge in [0.05, 0.1) is 0 Å². The molecule has 108 valence electrons. The second-order valence-corrected chi connectivity index (χ2v) is 5.08. The zero-order valence-electron chi connectivity index (χ0n) is 12.2. The molecule has 7 heteroatoms. The van der Waals surface area contributed by atoms with Crippen molar-refractivity contribution in [2.75, 3.05) is 33.2 Å². The number of rotatable bonds is 7. The third kappa shape index (κ3) is 4.62. The molecule has 0 unspecified atom stereocenters. The molecule has 0 spiro atoms. The van der Waals surface area contributed by atoms with Crippen molar-refractivity contribution in [1.82, 2.24) is 14.9 Å². The lowest BCUT2D eigenvalue weighted by molar-refractivity contribution is 0.110. The number of ether oxygens (including phenoxy) is 2. The van der Waals surface area contributed by atoms with Crippen LogP contribution in [0.3, 0.4) is 0 Å². The fourth-order valence-corrected chi connectivity index (χ4v) is 1.19. The molecule has 0 bridgehead atoms. The first kappa shape index (κ1) is 15.6. The van der Waals surface area contributed by atoms with Crippen LogP contribution in [-0.4, -0.2) is 48.2 Å². The Morgan fingerprint density at radius 1 is 1.37 bits per heavy atom. The van der Waals surface area contributed by atoms with Gasteiger partial charge in [-0.25, -0.2) is 10.8 Å². The summed E-state index contributed by atoms with van der Waals surface area (Å²) in [7, 11) is 5.60. The number of nitrogens with one attached hydrogen (secondary N) is 1. The number of aromatic nitrogens is 2. The smallest absolute Gasteiger partial charge is 0.218 e. The van der Waals surface area contributed by atoms with E-state index in [0.29, 0.717) is 30.7 Å². The van der Waals surface area contributed by atoms with Gasteiger partial charge in [-0.15, -0.1) is 0 Å². The fraction of sp³-hybridized carbons (Fsp3) is 0.667. The van der Waals surface area contributed by atoms with Crippen LogP contribution in [0.4, 0.5) is 5.82 Å². The number of likely N-dealkylation sites (N-methyl/N-ethyl adjacent to an activating group) is 1. The van der Waals surface area contributed by atoms with Crippen LogP contribution in [-0.2, 0) is 11.3 Å². The van der Waals surface area contributed by atoms with E-state index in [9.17, 15) is 0 Å². The summed E-state index contributed by atoms with van der Waals surface area (Å²) < 4.78 is 10.7. The summed E-state index contributed by atoms with van der Waals surface area (Å²) in [6.07, 6.45) is 0. The van der Waals surface area contributed by atoms with E-state index in [2.05, 4.69) is 34.1 Å². The van der Waals surface area contributed by atoms with E-state index in [1.165, 1.54) is 0 Å². The molecule has 3 N–H and O–H groups in total. The highest BCUT2D eigenvalue weighted by molar-refractivity contribution is 5.36. The van der Waals surface area contributed by atoms with E-state index in [1.54, 1.807) is 13.2 Å². The van der Waals surface area contributed by atoms with E-state index in [0.717, 1.165) is 0 Å². The molecule has 1 aromatic heterocycles. The van der Waals surface area contributed by atoms with Crippen molar-refractivity contribution in [2.45, 2.75) is 26.0 Å². The van der Waals surface area contributed by atoms with Gasteiger partial charge in [0, 0.05) is 18.7 Å². The van der Waals surface area contributed by atoms with Crippen molar-refractivity contribution in [2.24, 2.45) is 5.84 Å². The van der Waals surface area contributed by atoms with Gasteiger partial charge in [0.1, 0.15) is 19.0 Å². The Morgan fingerprint density at radius 2 is 2.05 bits per heavy atom. The maximum atomic E-state index is 5.72. The van der Waals surface area contributed by atoms with Crippen LogP contribution < -0.4 is 16.0 Å². The number of hydrazine groups is 1. The minimum Gasteiger partial charge on any atom is -0.476 e. The molecule has 0 amide bonds. The summed E-state index contributed by atoms with van der Waals surface area (Å²) >= 11 is 0. The van der Waals surface area contributed by atoms with Gasteiger partial charge in [-0.3, -0.25) is 0 Å². The Hall–Kier alpha value is -1.44. The molecule has 0 aromatic carbocycles. The van der Waals surface area contributed by atoms with Gasteiger partial charge in [0.25, 0.3) is 0 Å². The topological polar surface area (TPSA) is 85.5 Å². The minimum atomic E-state index is -0.0946. The predicted octanol–water partition coefficient (Wildman–Crippen LogP) is 0.628. The van der Waals surface area contributed by atoms with Gasteiger partial charge in [0.15, 0.2) is 5.82 Å². The third-order valence-corrected chi connectivity index (χ3v) is 2.95. The SMILES string of the molecule is COCc1nc(NN)cc(OCC(C)(C)N(C)C)n1. The maximum Gasteiger partial charge on any atom is 0.218 e. The highest BCUT2D eigenvalue weighted by Gasteiger charge is 2.21. The zero-order valence-corrected chi connectivity index (χ0v) is 12.2. The number of hydrogen-bond acceptors (Lipinski definition) is 7. The Morgan fingerprint density at radius 3 is 2.58 bits per heavy atom. The molecule has 1 heterocycles. The van der Waals surface area contributed by atoms with Crippen molar-refractivity contribution < 1.29 is 9.47 Å². The van der Waals surface area contributed by atoms with Gasteiger partial charge in [-0.2, -0.15) is 4.98 Å². The molecule has 0 radical (unpaired) electrons. The van der Waals surface area contributed by atoms with Gasteiger partial charge in [0.2, 0.25) is 5.88 Å². The van der Waals surface area contributed by atoms with E-state index in [1.807, 2.05) is 14.1 Å². The summed E-state index contributed by atoms with van der Waals surface area (Å²) in [5.74, 6) is 6.87. The molecule has 0 atom stereocenters. The summed E-state index contributed by atoms with van der Waals surface area (Å²) in [6.45, 7) is 5.00. The minimum absolute atomic E-state index is 0.0946. The van der Waals surface area contributed by atoms with E-state index in [4.69, 9.17) is 15.3 Å². The van der Waals surface area contributed by atoms with Crippen molar-refractivity contribution in [1.29, 1.82) is 0 Å². The van der Waals surface area contributed by atoms with Gasteiger partial charge in [-0.05, 0) is 27.9 Å². The molecule has 0 fully saturated rings. The first-order valence-electron chi connectivity index (χ1n) is 6.03. The van der Waals surface area contributed by atoms with Crippen molar-refractivity contribution >= 4 is 5.82 Å². The summed E-state index contributed by atoms with van der Waals surface area (Å²) in [4.78, 5) is 10.5. The second kappa shape index (κ2) is 6.65. The van der Waals surface area contributed by atoms with Gasteiger partial charge < -0.3 is 19.8 Å². The van der Waals surface area contributed by atoms with Crippen molar-refractivity contribution in [3.8, 4) is 5.88 Å². The lowest BCUT2D eigenvalue weighted by atomic mass is 10.1. The molecule has 1 aromatic rings. The Labute approximate surface area is 114 Å². The summed E-state index contributed by atoms with van der Waals surface area (Å²) in [5, 5.41) is 0. The fourth-order valence-electron chi connectivity index (χ4n) is 1.19. The zero-order chi connectivity index (χ0) is 14.5. The van der Waals surface area contributed by atoms with Crippen LogP contribution in [0.2, 0.25) is 0 Å². The number of nitrogen functional groups attached to an aromatic ring is 1. The van der Waals surface area contributed by atoms with Crippen LogP contribution in [0, 0.1) is 0 Å². The van der Waals surface area contributed by atoms with Crippen LogP contribution in [0.5, 0.6) is 5.88 Å². The Balaban J connectivity index is 2.80. The number of nitrogens with two attached hydrogens (primary N) is 1. The molecule has 0 saturated heterocycles. The lowest BCUT2D eigenvalue weighted by Crippen LogP contribution is -2.43. The van der Waals surface area contributed by atoms with E-state index < -0.39 is 0 Å². The molecular weight excluding hydrogens is 246 g/mol. The molecule has 19 heavy (non-hydrogen) atoms. The molecule has 0 aliphatic heterocycles. The number of nitrogens with zero attached hydrogens (tertiary/aromatic N) is 3.